The molecule has 0 aromatic heterocycles. The summed E-state index contributed by atoms with van der Waals surface area (Å²) in [5, 5.41) is 0. The lowest BCUT2D eigenvalue weighted by Crippen LogP contribution is -2.41. The summed E-state index contributed by atoms with van der Waals surface area (Å²) in [6.45, 7) is 0. The number of carbonyl (C=O) groups excluding carboxylic acids is 2. The minimum atomic E-state index is -0.728. The van der Waals surface area contributed by atoms with Crippen LogP contribution in [-0.2, 0) is 4.79 Å². The molecule has 0 saturated heterocycles. The van der Waals surface area contributed by atoms with Gasteiger partial charge in [-0.05, 0) is 35.9 Å². The van der Waals surface area contributed by atoms with Crippen LogP contribution in [0.4, 0.5) is 4.39 Å². The molecule has 0 heterocycles. The molecule has 6 heteroatoms. The van der Waals surface area contributed by atoms with Crippen LogP contribution in [-0.4, -0.2) is 18.9 Å². The molecule has 0 saturated carbocycles. The number of benzene rings is 2. The van der Waals surface area contributed by atoms with Crippen molar-refractivity contribution in [1.82, 2.24) is 10.9 Å². The number of methoxy groups -OCH3 is 1. The number of hydrazine groups is 1. The van der Waals surface area contributed by atoms with Crippen molar-refractivity contribution in [3.05, 3.63) is 71.6 Å². The molecule has 0 aliphatic carbocycles. The monoisotopic (exact) mass is 314 g/mol. The van der Waals surface area contributed by atoms with Crippen LogP contribution >= 0.6 is 0 Å². The highest BCUT2D eigenvalue weighted by Crippen LogP contribution is 2.12. The highest BCUT2D eigenvalue weighted by molar-refractivity contribution is 5.98. The lowest BCUT2D eigenvalue weighted by Gasteiger charge is -2.05. The molecule has 5 nitrogen and oxygen atoms in total. The van der Waals surface area contributed by atoms with Crippen molar-refractivity contribution < 1.29 is 18.7 Å². The molecule has 0 radical (unpaired) electrons. The van der Waals surface area contributed by atoms with Crippen LogP contribution in [0.2, 0.25) is 0 Å². The van der Waals surface area contributed by atoms with E-state index in [1.807, 2.05) is 0 Å². The number of hydrogen-bond donors (Lipinski definition) is 2. The van der Waals surface area contributed by atoms with E-state index in [2.05, 4.69) is 10.9 Å². The summed E-state index contributed by atoms with van der Waals surface area (Å²) in [4.78, 5) is 23.3. The molecule has 2 aromatic rings. The number of halogens is 1. The summed E-state index contributed by atoms with van der Waals surface area (Å²) in [6, 6.07) is 12.6. The second-order valence-electron chi connectivity index (χ2n) is 4.53. The smallest absolute Gasteiger partial charge is 0.272 e. The molecule has 0 spiro atoms. The molecular weight excluding hydrogens is 299 g/mol. The van der Waals surface area contributed by atoms with Crippen molar-refractivity contribution in [2.45, 2.75) is 0 Å². The first kappa shape index (κ1) is 16.2. The average Bonchev–Trinajstić information content (AvgIpc) is 2.58. The van der Waals surface area contributed by atoms with E-state index < -0.39 is 17.6 Å². The number of hydrogen-bond acceptors (Lipinski definition) is 3. The second kappa shape index (κ2) is 7.74. The van der Waals surface area contributed by atoms with E-state index in [-0.39, 0.29) is 5.56 Å². The molecule has 2 amide bonds. The Balaban J connectivity index is 1.88. The first-order valence-electron chi connectivity index (χ1n) is 6.77. The highest BCUT2D eigenvalue weighted by atomic mass is 19.1. The fraction of sp³-hybridized carbons (Fsp3) is 0.0588. The van der Waals surface area contributed by atoms with Gasteiger partial charge in [0.25, 0.3) is 11.8 Å². The lowest BCUT2D eigenvalue weighted by molar-refractivity contribution is -0.117. The number of carbonyl (C=O) groups is 2. The van der Waals surface area contributed by atoms with Gasteiger partial charge in [-0.25, -0.2) is 4.39 Å². The maximum atomic E-state index is 13.4. The van der Waals surface area contributed by atoms with Crippen LogP contribution in [0.25, 0.3) is 6.08 Å². The first-order valence-corrected chi connectivity index (χ1v) is 6.77. The summed E-state index contributed by atoms with van der Waals surface area (Å²) in [5.74, 6) is -1.21. The summed E-state index contributed by atoms with van der Waals surface area (Å²) in [6.07, 6.45) is 2.83. The van der Waals surface area contributed by atoms with Crippen LogP contribution in [0.5, 0.6) is 5.75 Å². The van der Waals surface area contributed by atoms with E-state index in [0.29, 0.717) is 5.75 Å². The van der Waals surface area contributed by atoms with E-state index >= 15 is 0 Å². The van der Waals surface area contributed by atoms with Crippen LogP contribution in [0, 0.1) is 5.82 Å². The van der Waals surface area contributed by atoms with Gasteiger partial charge in [-0.3, -0.25) is 20.4 Å². The maximum absolute atomic E-state index is 13.4. The normalized spacial score (nSPS) is 10.3. The van der Waals surface area contributed by atoms with Crippen LogP contribution in [0.3, 0.4) is 0 Å². The number of amides is 2. The quantitative estimate of drug-likeness (QED) is 0.672. The van der Waals surface area contributed by atoms with Gasteiger partial charge in [0, 0.05) is 6.08 Å². The van der Waals surface area contributed by atoms with Gasteiger partial charge in [-0.2, -0.15) is 0 Å². The molecule has 0 bridgehead atoms. The molecule has 118 valence electrons. The van der Waals surface area contributed by atoms with Gasteiger partial charge in [0.2, 0.25) is 0 Å². The summed E-state index contributed by atoms with van der Waals surface area (Å²) < 4.78 is 18.4. The Labute approximate surface area is 132 Å². The molecule has 0 unspecified atom stereocenters. The van der Waals surface area contributed by atoms with Crippen molar-refractivity contribution in [3.8, 4) is 5.75 Å². The third-order valence-corrected chi connectivity index (χ3v) is 2.96. The SMILES string of the molecule is COc1ccc(/C=C/C(=O)NNC(=O)c2ccccc2F)cc1. The predicted octanol–water partition coefficient (Wildman–Crippen LogP) is 2.31. The van der Waals surface area contributed by atoms with Crippen LogP contribution in [0.15, 0.2) is 54.6 Å². The molecule has 0 fully saturated rings. The Hall–Kier alpha value is -3.15. The van der Waals surface area contributed by atoms with Gasteiger partial charge >= 0.3 is 0 Å². The first-order chi connectivity index (χ1) is 11.1. The molecule has 0 aliphatic rings. The van der Waals surface area contributed by atoms with Gasteiger partial charge in [-0.15, -0.1) is 0 Å². The maximum Gasteiger partial charge on any atom is 0.272 e. The summed E-state index contributed by atoms with van der Waals surface area (Å²) in [7, 11) is 1.57. The number of ether oxygens (including phenoxy) is 1. The standard InChI is InChI=1S/C17H15FN2O3/c1-23-13-9-6-12(7-10-13)8-11-16(21)19-20-17(22)14-4-2-3-5-15(14)18/h2-11H,1H3,(H,19,21)(H,20,22)/b11-8+. The van der Waals surface area contributed by atoms with Crippen molar-refractivity contribution in [3.63, 3.8) is 0 Å². The molecule has 2 N–H and O–H groups in total. The average molecular weight is 314 g/mol. The lowest BCUT2D eigenvalue weighted by atomic mass is 10.2. The van der Waals surface area contributed by atoms with Gasteiger partial charge < -0.3 is 4.74 Å². The van der Waals surface area contributed by atoms with Crippen LogP contribution in [0.1, 0.15) is 15.9 Å². The number of nitrogens with one attached hydrogen (secondary N) is 2. The fourth-order valence-corrected chi connectivity index (χ4v) is 1.76. The third kappa shape index (κ3) is 4.67. The van der Waals surface area contributed by atoms with E-state index in [1.54, 1.807) is 37.5 Å². The van der Waals surface area contributed by atoms with E-state index in [9.17, 15) is 14.0 Å². The zero-order valence-electron chi connectivity index (χ0n) is 12.4. The third-order valence-electron chi connectivity index (χ3n) is 2.96. The largest absolute Gasteiger partial charge is 0.497 e. The van der Waals surface area contributed by atoms with E-state index in [4.69, 9.17) is 4.74 Å². The van der Waals surface area contributed by atoms with Gasteiger partial charge in [0.1, 0.15) is 11.6 Å². The predicted molar refractivity (Wildman–Crippen MR) is 84.0 cm³/mol. The number of rotatable bonds is 4. The zero-order valence-corrected chi connectivity index (χ0v) is 12.4. The highest BCUT2D eigenvalue weighted by Gasteiger charge is 2.10. The molecule has 2 aromatic carbocycles. The molecule has 0 atom stereocenters. The van der Waals surface area contributed by atoms with Gasteiger partial charge in [-0.1, -0.05) is 24.3 Å². The molecule has 2 rings (SSSR count). The molecule has 0 aliphatic heterocycles. The Morgan fingerprint density at radius 2 is 1.74 bits per heavy atom. The topological polar surface area (TPSA) is 67.4 Å². The minimum absolute atomic E-state index is 0.146. The Morgan fingerprint density at radius 3 is 2.39 bits per heavy atom. The van der Waals surface area contributed by atoms with Crippen LogP contribution < -0.4 is 15.6 Å². The van der Waals surface area contributed by atoms with Crippen molar-refractivity contribution >= 4 is 17.9 Å². The Bertz CT molecular complexity index is 727. The van der Waals surface area contributed by atoms with Crippen molar-refractivity contribution in [1.29, 1.82) is 0 Å². The van der Waals surface area contributed by atoms with Crippen molar-refractivity contribution in [2.24, 2.45) is 0 Å². The van der Waals surface area contributed by atoms with Gasteiger partial charge in [0.05, 0.1) is 12.7 Å². The second-order valence-corrected chi connectivity index (χ2v) is 4.53. The fourth-order valence-electron chi connectivity index (χ4n) is 1.76. The van der Waals surface area contributed by atoms with E-state index in [1.165, 1.54) is 30.3 Å². The Kier molecular flexibility index (Phi) is 5.46. The Morgan fingerprint density at radius 1 is 1.04 bits per heavy atom. The molecule has 23 heavy (non-hydrogen) atoms. The van der Waals surface area contributed by atoms with E-state index in [0.717, 1.165) is 5.56 Å². The van der Waals surface area contributed by atoms with Gasteiger partial charge in [0.15, 0.2) is 0 Å². The zero-order chi connectivity index (χ0) is 16.7. The minimum Gasteiger partial charge on any atom is -0.497 e. The summed E-state index contributed by atoms with van der Waals surface area (Å²) >= 11 is 0. The molecular formula is C17H15FN2O3. The summed E-state index contributed by atoms with van der Waals surface area (Å²) in [5.41, 5.74) is 4.98. The van der Waals surface area contributed by atoms with Crippen molar-refractivity contribution in [2.75, 3.05) is 7.11 Å².